The highest BCUT2D eigenvalue weighted by molar-refractivity contribution is 7.91. The third-order valence-corrected chi connectivity index (χ3v) is 9.08. The second-order valence-corrected chi connectivity index (χ2v) is 14.3. The number of hydrogen-bond acceptors (Lipinski definition) is 8. The number of anilines is 3. The van der Waals surface area contributed by atoms with Gasteiger partial charge in [-0.15, -0.1) is 0 Å². The van der Waals surface area contributed by atoms with Crippen LogP contribution in [0.5, 0.6) is 0 Å². The summed E-state index contributed by atoms with van der Waals surface area (Å²) in [5.41, 5.74) is -0.134. The number of sulfone groups is 1. The van der Waals surface area contributed by atoms with Gasteiger partial charge in [0.2, 0.25) is 0 Å². The molecule has 0 unspecified atom stereocenters. The SMILES string of the molecule is CC(C)(C)CS(=O)(=O)c1cccc(NC(=O)c2ccc(NC(C)(C)CO)nc2N2CCC3(CC2)CC3)n1. The van der Waals surface area contributed by atoms with E-state index in [1.807, 2.05) is 34.6 Å². The summed E-state index contributed by atoms with van der Waals surface area (Å²) in [6.45, 7) is 10.9. The lowest BCUT2D eigenvalue weighted by molar-refractivity contribution is 0.102. The minimum atomic E-state index is -3.61. The van der Waals surface area contributed by atoms with Crippen LogP contribution in [0.4, 0.5) is 17.5 Å². The predicted molar refractivity (Wildman–Crippen MR) is 146 cm³/mol. The predicted octanol–water partition coefficient (Wildman–Crippen LogP) is 4.11. The van der Waals surface area contributed by atoms with Crippen LogP contribution in [0.1, 0.15) is 70.7 Å². The Hall–Kier alpha value is -2.72. The summed E-state index contributed by atoms with van der Waals surface area (Å²) in [5.74, 6) is 0.868. The molecule has 2 aliphatic rings. The molecule has 0 atom stereocenters. The molecule has 1 aliphatic heterocycles. The van der Waals surface area contributed by atoms with Gasteiger partial charge >= 0.3 is 0 Å². The van der Waals surface area contributed by atoms with E-state index in [4.69, 9.17) is 4.98 Å². The molecule has 1 saturated carbocycles. The van der Waals surface area contributed by atoms with Crippen molar-refractivity contribution < 1.29 is 18.3 Å². The number of hydrogen-bond donors (Lipinski definition) is 3. The molecule has 3 N–H and O–H groups in total. The van der Waals surface area contributed by atoms with Crippen molar-refractivity contribution in [2.24, 2.45) is 10.8 Å². The minimum absolute atomic E-state index is 0.0480. The molecule has 1 amide bonds. The second-order valence-electron chi connectivity index (χ2n) is 12.4. The molecule has 3 heterocycles. The molecule has 0 bridgehead atoms. The Balaban J connectivity index is 1.60. The van der Waals surface area contributed by atoms with E-state index >= 15 is 0 Å². The van der Waals surface area contributed by atoms with Gasteiger partial charge in [-0.2, -0.15) is 0 Å². The molecule has 1 spiro atoms. The van der Waals surface area contributed by atoms with E-state index in [0.717, 1.165) is 25.9 Å². The first-order chi connectivity index (χ1) is 17.2. The number of aliphatic hydroxyl groups is 1. The molecule has 1 aliphatic carbocycles. The molecule has 202 valence electrons. The molecule has 2 aromatic rings. The number of piperidine rings is 1. The lowest BCUT2D eigenvalue weighted by Gasteiger charge is -2.34. The largest absolute Gasteiger partial charge is 0.394 e. The Bertz CT molecular complexity index is 1260. The number of carbonyl (C=O) groups is 1. The van der Waals surface area contributed by atoms with Gasteiger partial charge in [0.05, 0.1) is 23.5 Å². The maximum Gasteiger partial charge on any atom is 0.260 e. The van der Waals surface area contributed by atoms with Gasteiger partial charge < -0.3 is 20.6 Å². The summed E-state index contributed by atoms with van der Waals surface area (Å²) in [5, 5.41) is 15.6. The number of aliphatic hydroxyl groups excluding tert-OH is 1. The Morgan fingerprint density at radius 2 is 1.68 bits per heavy atom. The van der Waals surface area contributed by atoms with Crippen molar-refractivity contribution in [1.82, 2.24) is 9.97 Å². The fourth-order valence-corrected chi connectivity index (χ4v) is 6.49. The van der Waals surface area contributed by atoms with Gasteiger partial charge in [-0.25, -0.2) is 18.4 Å². The van der Waals surface area contributed by atoms with Crippen LogP contribution in [0.15, 0.2) is 35.4 Å². The molecule has 0 aromatic carbocycles. The topological polar surface area (TPSA) is 125 Å². The fourth-order valence-electron chi connectivity index (χ4n) is 4.68. The lowest BCUT2D eigenvalue weighted by atomic mass is 9.93. The first-order valence-electron chi connectivity index (χ1n) is 12.9. The van der Waals surface area contributed by atoms with Gasteiger partial charge in [0.15, 0.2) is 14.9 Å². The minimum Gasteiger partial charge on any atom is -0.394 e. The number of nitrogens with zero attached hydrogens (tertiary/aromatic N) is 3. The van der Waals surface area contributed by atoms with Crippen LogP contribution < -0.4 is 15.5 Å². The molecular weight excluding hydrogens is 490 g/mol. The fraction of sp³-hybridized carbons (Fsp3) is 0.593. The smallest absolute Gasteiger partial charge is 0.260 e. The molecule has 0 radical (unpaired) electrons. The summed E-state index contributed by atoms with van der Waals surface area (Å²) in [4.78, 5) is 24.6. The molecule has 2 fully saturated rings. The number of aromatic nitrogens is 2. The first-order valence-corrected chi connectivity index (χ1v) is 14.5. The van der Waals surface area contributed by atoms with Gasteiger partial charge in [0, 0.05) is 13.1 Å². The van der Waals surface area contributed by atoms with Crippen LogP contribution in [0.25, 0.3) is 0 Å². The van der Waals surface area contributed by atoms with Crippen LogP contribution in [0.3, 0.4) is 0 Å². The first kappa shape index (κ1) is 27.3. The summed E-state index contributed by atoms with van der Waals surface area (Å²) in [6.07, 6.45) is 4.69. The van der Waals surface area contributed by atoms with Crippen LogP contribution in [-0.2, 0) is 9.84 Å². The second kappa shape index (κ2) is 9.87. The molecule has 2 aromatic heterocycles. The Labute approximate surface area is 220 Å². The zero-order valence-corrected chi connectivity index (χ0v) is 23.3. The molecule has 4 rings (SSSR count). The normalized spacial score (nSPS) is 17.5. The molecular formula is C27H39N5O4S. The summed E-state index contributed by atoms with van der Waals surface area (Å²) < 4.78 is 25.7. The number of rotatable bonds is 8. The van der Waals surface area contributed by atoms with E-state index in [1.54, 1.807) is 24.3 Å². The van der Waals surface area contributed by atoms with Crippen molar-refractivity contribution in [2.45, 2.75) is 70.9 Å². The van der Waals surface area contributed by atoms with E-state index in [0.29, 0.717) is 22.6 Å². The van der Waals surface area contributed by atoms with Gasteiger partial charge in [-0.05, 0) is 74.6 Å². The van der Waals surface area contributed by atoms with E-state index in [9.17, 15) is 18.3 Å². The number of pyridine rings is 2. The summed E-state index contributed by atoms with van der Waals surface area (Å²) in [7, 11) is -3.61. The maximum absolute atomic E-state index is 13.4. The molecule has 10 heteroatoms. The van der Waals surface area contributed by atoms with Crippen LogP contribution in [0.2, 0.25) is 0 Å². The lowest BCUT2D eigenvalue weighted by Crippen LogP contribution is -2.38. The Morgan fingerprint density at radius 1 is 1.00 bits per heavy atom. The zero-order chi connectivity index (χ0) is 27.1. The average Bonchev–Trinajstić information content (AvgIpc) is 3.56. The van der Waals surface area contributed by atoms with Gasteiger partial charge in [0.25, 0.3) is 5.91 Å². The highest BCUT2D eigenvalue weighted by atomic mass is 32.2. The summed E-state index contributed by atoms with van der Waals surface area (Å²) >= 11 is 0. The van der Waals surface area contributed by atoms with Crippen LogP contribution >= 0.6 is 0 Å². The third-order valence-electron chi connectivity index (χ3n) is 6.97. The van der Waals surface area contributed by atoms with E-state index in [-0.39, 0.29) is 23.2 Å². The van der Waals surface area contributed by atoms with E-state index in [1.165, 1.54) is 18.9 Å². The van der Waals surface area contributed by atoms with Crippen molar-refractivity contribution in [2.75, 3.05) is 41.0 Å². The van der Waals surface area contributed by atoms with E-state index < -0.39 is 26.7 Å². The van der Waals surface area contributed by atoms with Crippen LogP contribution in [-0.4, -0.2) is 60.4 Å². The van der Waals surface area contributed by atoms with Crippen molar-refractivity contribution in [3.8, 4) is 0 Å². The summed E-state index contributed by atoms with van der Waals surface area (Å²) in [6, 6.07) is 8.06. The van der Waals surface area contributed by atoms with Gasteiger partial charge in [-0.3, -0.25) is 4.79 Å². The zero-order valence-electron chi connectivity index (χ0n) is 22.5. The number of nitrogens with one attached hydrogen (secondary N) is 2. The number of amides is 1. The monoisotopic (exact) mass is 529 g/mol. The third kappa shape index (κ3) is 6.78. The Kier molecular flexibility index (Phi) is 7.29. The van der Waals surface area contributed by atoms with Crippen molar-refractivity contribution in [3.05, 3.63) is 35.9 Å². The van der Waals surface area contributed by atoms with Gasteiger partial charge in [-0.1, -0.05) is 26.8 Å². The molecule has 1 saturated heterocycles. The Morgan fingerprint density at radius 3 is 2.27 bits per heavy atom. The molecule has 9 nitrogen and oxygen atoms in total. The van der Waals surface area contributed by atoms with Crippen molar-refractivity contribution in [1.29, 1.82) is 0 Å². The standard InChI is InChI=1S/C27H39N5O4S/c1-25(2,3)18-37(35,36)22-8-6-7-20(28-22)30-24(34)19-9-10-21(31-26(4,5)17-33)29-23(19)32-15-13-27(11-12-27)14-16-32/h6-10,33H,11-18H2,1-5H3,(H,29,31)(H,28,30,34). The van der Waals surface area contributed by atoms with E-state index in [2.05, 4.69) is 20.5 Å². The quantitative estimate of drug-likeness (QED) is 0.467. The maximum atomic E-state index is 13.4. The average molecular weight is 530 g/mol. The number of carbonyl (C=O) groups excluding carboxylic acids is 1. The highest BCUT2D eigenvalue weighted by Crippen LogP contribution is 2.54. The van der Waals surface area contributed by atoms with Crippen molar-refractivity contribution in [3.63, 3.8) is 0 Å². The van der Waals surface area contributed by atoms with Crippen LogP contribution in [0, 0.1) is 10.8 Å². The van der Waals surface area contributed by atoms with Gasteiger partial charge in [0.1, 0.15) is 17.5 Å². The van der Waals surface area contributed by atoms with Crippen molar-refractivity contribution >= 4 is 33.2 Å². The molecule has 37 heavy (non-hydrogen) atoms. The highest BCUT2D eigenvalue weighted by Gasteiger charge is 2.45.